The Kier molecular flexibility index (Phi) is 2.26. The summed E-state index contributed by atoms with van der Waals surface area (Å²) < 4.78 is 27.0. The molecule has 0 fully saturated rings. The summed E-state index contributed by atoms with van der Waals surface area (Å²) in [6.07, 6.45) is -0.0144. The van der Waals surface area contributed by atoms with Crippen LogP contribution in [0, 0.1) is 10.1 Å². The van der Waals surface area contributed by atoms with Crippen molar-refractivity contribution in [3.8, 4) is 0 Å². The zero-order valence-electron chi connectivity index (χ0n) is 7.41. The Morgan fingerprint density at radius 3 is 2.80 bits per heavy atom. The maximum absolute atomic E-state index is 13.5. The molecule has 15 heavy (non-hydrogen) atoms. The van der Waals surface area contributed by atoms with Crippen molar-refractivity contribution in [2.45, 2.75) is 17.2 Å². The van der Waals surface area contributed by atoms with E-state index in [0.29, 0.717) is 0 Å². The largest absolute Gasteiger partial charge is 0.286 e. The Bertz CT molecular complexity index is 436. The van der Waals surface area contributed by atoms with Gasteiger partial charge in [0.05, 0.1) is 9.75 Å². The van der Waals surface area contributed by atoms with Crippen LogP contribution in [0.5, 0.6) is 0 Å². The van der Waals surface area contributed by atoms with Gasteiger partial charge in [0.15, 0.2) is 0 Å². The van der Waals surface area contributed by atoms with E-state index in [1.165, 1.54) is 18.2 Å². The van der Waals surface area contributed by atoms with Gasteiger partial charge in [-0.25, -0.2) is 8.78 Å². The molecule has 0 amide bonds. The van der Waals surface area contributed by atoms with Crippen LogP contribution >= 0.6 is 15.9 Å². The fourth-order valence-corrected chi connectivity index (χ4v) is 2.32. The molecule has 0 unspecified atom stereocenters. The normalized spacial score (nSPS) is 22.5. The predicted molar refractivity (Wildman–Crippen MR) is 53.4 cm³/mol. The van der Waals surface area contributed by atoms with Crippen LogP contribution in [-0.4, -0.2) is 9.75 Å². The molecule has 6 heteroatoms. The van der Waals surface area contributed by atoms with E-state index in [0.717, 1.165) is 0 Å². The quantitative estimate of drug-likeness (QED) is 0.450. The molecular formula is C9H6BrF2NO2. The van der Waals surface area contributed by atoms with Gasteiger partial charge in [-0.15, -0.1) is 0 Å². The molecule has 3 nitrogen and oxygen atoms in total. The van der Waals surface area contributed by atoms with Gasteiger partial charge in [0, 0.05) is 17.2 Å². The zero-order valence-corrected chi connectivity index (χ0v) is 9.00. The second-order valence-corrected chi connectivity index (χ2v) is 4.46. The van der Waals surface area contributed by atoms with Crippen molar-refractivity contribution in [2.24, 2.45) is 0 Å². The number of nitro groups is 1. The van der Waals surface area contributed by atoms with Crippen molar-refractivity contribution in [1.82, 2.24) is 0 Å². The Balaban J connectivity index is 2.63. The average molecular weight is 278 g/mol. The Labute approximate surface area is 92.4 Å². The Morgan fingerprint density at radius 1 is 1.53 bits per heavy atom. The first-order valence-corrected chi connectivity index (χ1v) is 5.15. The van der Waals surface area contributed by atoms with Crippen LogP contribution in [0.4, 0.5) is 14.5 Å². The highest BCUT2D eigenvalue weighted by molar-refractivity contribution is 9.09. The van der Waals surface area contributed by atoms with Crippen LogP contribution in [0.25, 0.3) is 0 Å². The van der Waals surface area contributed by atoms with Gasteiger partial charge in [0.25, 0.3) is 11.6 Å². The molecule has 1 aromatic carbocycles. The van der Waals surface area contributed by atoms with Crippen LogP contribution in [0.1, 0.15) is 11.1 Å². The first-order chi connectivity index (χ1) is 6.94. The van der Waals surface area contributed by atoms with Crippen molar-refractivity contribution < 1.29 is 13.7 Å². The number of nitrogens with zero attached hydrogens (tertiary/aromatic N) is 1. The van der Waals surface area contributed by atoms with Gasteiger partial charge < -0.3 is 0 Å². The Morgan fingerprint density at radius 2 is 2.20 bits per heavy atom. The second kappa shape index (κ2) is 3.23. The molecule has 2 rings (SSSR count). The van der Waals surface area contributed by atoms with Crippen LogP contribution in [0.2, 0.25) is 0 Å². The summed E-state index contributed by atoms with van der Waals surface area (Å²) in [5, 5.41) is 10.6. The number of alkyl halides is 3. The molecule has 0 spiro atoms. The van der Waals surface area contributed by atoms with Crippen LogP contribution in [-0.2, 0) is 12.3 Å². The number of rotatable bonds is 1. The minimum Gasteiger partial charge on any atom is -0.258 e. The van der Waals surface area contributed by atoms with Crippen molar-refractivity contribution in [3.05, 3.63) is 39.4 Å². The lowest BCUT2D eigenvalue weighted by Gasteiger charge is -2.13. The number of halogens is 3. The summed E-state index contributed by atoms with van der Waals surface area (Å²) in [6, 6.07) is 3.78. The van der Waals surface area contributed by atoms with Crippen LogP contribution < -0.4 is 0 Å². The third-order valence-electron chi connectivity index (χ3n) is 2.48. The molecule has 0 aromatic heterocycles. The summed E-state index contributed by atoms with van der Waals surface area (Å²) in [5.41, 5.74) is -0.331. The summed E-state index contributed by atoms with van der Waals surface area (Å²) in [6.45, 7) is 0. The third-order valence-corrected chi connectivity index (χ3v) is 3.38. The molecule has 80 valence electrons. The fourth-order valence-electron chi connectivity index (χ4n) is 1.75. The van der Waals surface area contributed by atoms with E-state index in [4.69, 9.17) is 0 Å². The number of hydrogen-bond donors (Lipinski definition) is 0. The van der Waals surface area contributed by atoms with Gasteiger partial charge in [-0.05, 0) is 6.42 Å². The minimum absolute atomic E-state index is 0.0144. The van der Waals surface area contributed by atoms with Crippen molar-refractivity contribution in [2.75, 3.05) is 0 Å². The fraction of sp³-hybridized carbons (Fsp3) is 0.333. The van der Waals surface area contributed by atoms with Gasteiger partial charge in [-0.2, -0.15) is 0 Å². The second-order valence-electron chi connectivity index (χ2n) is 3.35. The van der Waals surface area contributed by atoms with E-state index in [1.807, 2.05) is 0 Å². The number of fused-ring (bicyclic) bond motifs is 1. The minimum atomic E-state index is -3.03. The molecule has 0 saturated heterocycles. The molecule has 0 saturated carbocycles. The molecule has 0 bridgehead atoms. The van der Waals surface area contributed by atoms with Crippen molar-refractivity contribution >= 4 is 21.6 Å². The van der Waals surface area contributed by atoms with Gasteiger partial charge in [-0.1, -0.05) is 28.1 Å². The summed E-state index contributed by atoms with van der Waals surface area (Å²) in [5.74, 6) is -3.03. The van der Waals surface area contributed by atoms with Gasteiger partial charge in [0.2, 0.25) is 0 Å². The molecule has 1 aromatic rings. The van der Waals surface area contributed by atoms with Gasteiger partial charge in [0.1, 0.15) is 0 Å². The number of nitro benzene ring substituents is 1. The SMILES string of the molecule is O=[N+]([O-])c1cccc2c1C[C@@H](Br)C2(F)F. The standard InChI is InChI=1S/C9H6BrF2NO2/c10-8-4-5-6(9(8,11)12)2-1-3-7(5)13(14)15/h1-3,8H,4H2/t8-/m1/s1. The molecular weight excluding hydrogens is 272 g/mol. The summed E-state index contributed by atoms with van der Waals surface area (Å²) >= 11 is 2.85. The summed E-state index contributed by atoms with van der Waals surface area (Å²) in [7, 11) is 0. The molecule has 1 aliphatic carbocycles. The highest BCUT2D eigenvalue weighted by Crippen LogP contribution is 2.47. The topological polar surface area (TPSA) is 43.1 Å². The molecule has 0 radical (unpaired) electrons. The maximum Gasteiger partial charge on any atom is 0.286 e. The lowest BCUT2D eigenvalue weighted by molar-refractivity contribution is -0.385. The molecule has 0 N–H and O–H groups in total. The maximum atomic E-state index is 13.5. The smallest absolute Gasteiger partial charge is 0.258 e. The highest BCUT2D eigenvalue weighted by atomic mass is 79.9. The molecule has 0 heterocycles. The van der Waals surface area contributed by atoms with Gasteiger partial charge in [-0.3, -0.25) is 10.1 Å². The highest BCUT2D eigenvalue weighted by Gasteiger charge is 2.49. The number of hydrogen-bond acceptors (Lipinski definition) is 2. The molecule has 1 aliphatic rings. The van der Waals surface area contributed by atoms with Crippen molar-refractivity contribution in [3.63, 3.8) is 0 Å². The molecule has 1 atom stereocenters. The lowest BCUT2D eigenvalue weighted by atomic mass is 10.1. The number of benzene rings is 1. The predicted octanol–water partition coefficient (Wildman–Crippen LogP) is 3.01. The van der Waals surface area contributed by atoms with Crippen molar-refractivity contribution in [1.29, 1.82) is 0 Å². The Hall–Kier alpha value is -1.04. The summed E-state index contributed by atoms with van der Waals surface area (Å²) in [4.78, 5) is 8.94. The van der Waals surface area contributed by atoms with Crippen LogP contribution in [0.3, 0.4) is 0 Å². The zero-order chi connectivity index (χ0) is 11.2. The lowest BCUT2D eigenvalue weighted by Crippen LogP contribution is -2.20. The first kappa shape index (κ1) is 10.5. The average Bonchev–Trinajstić information content (AvgIpc) is 2.38. The van der Waals surface area contributed by atoms with E-state index in [2.05, 4.69) is 15.9 Å². The monoisotopic (exact) mass is 277 g/mol. The van der Waals surface area contributed by atoms with E-state index < -0.39 is 15.7 Å². The van der Waals surface area contributed by atoms with Gasteiger partial charge >= 0.3 is 0 Å². The van der Waals surface area contributed by atoms with E-state index in [-0.39, 0.29) is 23.2 Å². The van der Waals surface area contributed by atoms with Crippen LogP contribution in [0.15, 0.2) is 18.2 Å². The van der Waals surface area contributed by atoms with E-state index in [9.17, 15) is 18.9 Å². The third kappa shape index (κ3) is 1.43. The first-order valence-electron chi connectivity index (χ1n) is 4.23. The molecule has 0 aliphatic heterocycles. The van der Waals surface area contributed by atoms with E-state index in [1.54, 1.807) is 0 Å². The van der Waals surface area contributed by atoms with E-state index >= 15 is 0 Å².